The molecule has 0 aromatic carbocycles. The van der Waals surface area contributed by atoms with Gasteiger partial charge in [-0.25, -0.2) is 19.9 Å². The highest BCUT2D eigenvalue weighted by molar-refractivity contribution is 7.99. The van der Waals surface area contributed by atoms with Crippen LogP contribution in [0.5, 0.6) is 0 Å². The van der Waals surface area contributed by atoms with Crippen molar-refractivity contribution >= 4 is 23.4 Å². The van der Waals surface area contributed by atoms with Crippen molar-refractivity contribution in [3.05, 3.63) is 27.0 Å². The fourth-order valence-electron chi connectivity index (χ4n) is 1.69. The van der Waals surface area contributed by atoms with Crippen molar-refractivity contribution in [2.45, 2.75) is 50.3 Å². The van der Waals surface area contributed by atoms with Crippen LogP contribution in [0.15, 0.2) is 15.0 Å². The summed E-state index contributed by atoms with van der Waals surface area (Å²) in [5.41, 5.74) is 0.580. The molecule has 6 nitrogen and oxygen atoms in total. The van der Waals surface area contributed by atoms with Crippen LogP contribution in [-0.4, -0.2) is 24.7 Å². The first-order chi connectivity index (χ1) is 9.56. The zero-order valence-corrected chi connectivity index (χ0v) is 13.2. The quantitative estimate of drug-likeness (QED) is 0.858. The lowest BCUT2D eigenvalue weighted by molar-refractivity contribution is 0.659. The molecule has 0 saturated heterocycles. The van der Waals surface area contributed by atoms with E-state index in [2.05, 4.69) is 27.1 Å². The fourth-order valence-corrected chi connectivity index (χ4v) is 2.92. The molecule has 1 N–H and O–H groups in total. The molecule has 2 rings (SSSR count). The Balaban J connectivity index is 2.39. The molecule has 0 aliphatic carbocycles. The Bertz CT molecular complexity index is 666. The first-order valence-corrected chi connectivity index (χ1v) is 7.62. The molecular weight excluding hydrogens is 298 g/mol. The van der Waals surface area contributed by atoms with E-state index in [-0.39, 0.29) is 5.69 Å². The Morgan fingerprint density at radius 2 is 2.10 bits per heavy atom. The lowest BCUT2D eigenvalue weighted by atomic mass is 10.3. The van der Waals surface area contributed by atoms with Crippen LogP contribution in [0.1, 0.15) is 31.7 Å². The Labute approximate surface area is 126 Å². The Hall–Kier alpha value is -1.34. The first kappa shape index (κ1) is 15.1. The molecule has 0 saturated carbocycles. The van der Waals surface area contributed by atoms with E-state index < -0.39 is 0 Å². The summed E-state index contributed by atoms with van der Waals surface area (Å²) >= 11 is 7.46. The van der Waals surface area contributed by atoms with E-state index in [4.69, 9.17) is 11.6 Å². The molecule has 0 aliphatic heterocycles. The lowest BCUT2D eigenvalue weighted by Crippen LogP contribution is -2.16. The van der Waals surface area contributed by atoms with Crippen LogP contribution < -0.4 is 5.69 Å². The maximum atomic E-state index is 11.6. The van der Waals surface area contributed by atoms with Crippen molar-refractivity contribution in [1.29, 1.82) is 0 Å². The van der Waals surface area contributed by atoms with Gasteiger partial charge in [-0.05, 0) is 32.0 Å². The van der Waals surface area contributed by atoms with Crippen molar-refractivity contribution in [2.24, 2.45) is 0 Å². The number of aromatic amines is 1. The second-order valence-electron chi connectivity index (χ2n) is 4.27. The van der Waals surface area contributed by atoms with Crippen LogP contribution in [0, 0.1) is 6.92 Å². The zero-order valence-electron chi connectivity index (χ0n) is 11.6. The van der Waals surface area contributed by atoms with Gasteiger partial charge in [-0.3, -0.25) is 4.57 Å². The zero-order chi connectivity index (χ0) is 14.7. The van der Waals surface area contributed by atoms with Gasteiger partial charge in [-0.2, -0.15) is 0 Å². The molecule has 108 valence electrons. The summed E-state index contributed by atoms with van der Waals surface area (Å²) in [6, 6.07) is 0. The second kappa shape index (κ2) is 6.41. The van der Waals surface area contributed by atoms with E-state index >= 15 is 0 Å². The van der Waals surface area contributed by atoms with Crippen LogP contribution in [0.3, 0.4) is 0 Å². The molecule has 0 radical (unpaired) electrons. The molecule has 0 bridgehead atoms. The largest absolute Gasteiger partial charge is 0.343 e. The van der Waals surface area contributed by atoms with Gasteiger partial charge >= 0.3 is 5.69 Å². The lowest BCUT2D eigenvalue weighted by Gasteiger charge is -2.08. The minimum absolute atomic E-state index is 0.221. The third kappa shape index (κ3) is 3.04. The number of hydrogen-bond acceptors (Lipinski definition) is 5. The number of halogens is 1. The second-order valence-corrected chi connectivity index (χ2v) is 5.58. The van der Waals surface area contributed by atoms with Crippen LogP contribution in [-0.2, 0) is 13.0 Å². The topological polar surface area (TPSA) is 76.5 Å². The molecule has 20 heavy (non-hydrogen) atoms. The summed E-state index contributed by atoms with van der Waals surface area (Å²) in [4.78, 5) is 20.3. The minimum atomic E-state index is -0.221. The van der Waals surface area contributed by atoms with Gasteiger partial charge in [-0.15, -0.1) is 5.10 Å². The van der Waals surface area contributed by atoms with Gasteiger partial charge in [0, 0.05) is 18.5 Å². The van der Waals surface area contributed by atoms with E-state index in [1.165, 1.54) is 11.8 Å². The molecule has 0 atom stereocenters. The maximum Gasteiger partial charge on any atom is 0.343 e. The number of hydrogen-bond donors (Lipinski definition) is 1. The predicted molar refractivity (Wildman–Crippen MR) is 78.4 cm³/mol. The van der Waals surface area contributed by atoms with Crippen molar-refractivity contribution in [2.75, 3.05) is 0 Å². The highest BCUT2D eigenvalue weighted by atomic mass is 35.5. The van der Waals surface area contributed by atoms with E-state index in [0.717, 1.165) is 23.4 Å². The van der Waals surface area contributed by atoms with Gasteiger partial charge in [-0.1, -0.05) is 18.5 Å². The van der Waals surface area contributed by atoms with Crippen LogP contribution >= 0.6 is 23.4 Å². The average molecular weight is 314 g/mol. The molecule has 0 spiro atoms. The molecule has 2 aromatic rings. The van der Waals surface area contributed by atoms with Gasteiger partial charge in [0.15, 0.2) is 5.16 Å². The average Bonchev–Trinajstić information content (AvgIpc) is 2.76. The third-order valence-electron chi connectivity index (χ3n) is 2.79. The van der Waals surface area contributed by atoms with Gasteiger partial charge in [0.25, 0.3) is 0 Å². The smallest absolute Gasteiger partial charge is 0.270 e. The molecule has 2 heterocycles. The Kier molecular flexibility index (Phi) is 4.82. The van der Waals surface area contributed by atoms with Gasteiger partial charge in [0.05, 0.1) is 0 Å². The summed E-state index contributed by atoms with van der Waals surface area (Å²) in [6.07, 6.45) is 1.72. The summed E-state index contributed by atoms with van der Waals surface area (Å²) in [6.45, 7) is 6.37. The summed E-state index contributed by atoms with van der Waals surface area (Å²) in [7, 11) is 0. The number of nitrogens with one attached hydrogen (secondary N) is 1. The number of nitrogens with zero attached hydrogens (tertiary/aromatic N) is 4. The van der Waals surface area contributed by atoms with E-state index in [0.29, 0.717) is 22.7 Å². The van der Waals surface area contributed by atoms with Gasteiger partial charge < -0.3 is 0 Å². The molecule has 0 aliphatic rings. The molecule has 0 amide bonds. The Morgan fingerprint density at radius 3 is 2.75 bits per heavy atom. The summed E-state index contributed by atoms with van der Waals surface area (Å²) < 4.78 is 1.56. The maximum absolute atomic E-state index is 11.6. The summed E-state index contributed by atoms with van der Waals surface area (Å²) in [5.74, 6) is 0.714. The highest BCUT2D eigenvalue weighted by Gasteiger charge is 2.14. The highest BCUT2D eigenvalue weighted by Crippen LogP contribution is 2.29. The van der Waals surface area contributed by atoms with Gasteiger partial charge in [0.2, 0.25) is 0 Å². The SMILES string of the molecule is CCCc1nc(Cl)c(C)c(Sc2n[nH]c(=O)n2CC)n1. The molecule has 0 fully saturated rings. The van der Waals surface area contributed by atoms with Crippen LogP contribution in [0.4, 0.5) is 0 Å². The molecule has 2 aromatic heterocycles. The predicted octanol–water partition coefficient (Wildman–Crippen LogP) is 2.45. The normalized spacial score (nSPS) is 11.0. The standard InChI is InChI=1S/C12H16ClN5OS/c1-4-6-8-14-9(13)7(3)10(15-8)20-12-17-16-11(19)18(12)5-2/h4-6H2,1-3H3,(H,16,19). The van der Waals surface area contributed by atoms with E-state index in [9.17, 15) is 4.79 Å². The number of rotatable bonds is 5. The van der Waals surface area contributed by atoms with E-state index in [1.807, 2.05) is 13.8 Å². The molecule has 8 heteroatoms. The number of aryl methyl sites for hydroxylation is 1. The van der Waals surface area contributed by atoms with Gasteiger partial charge in [0.1, 0.15) is 16.0 Å². The minimum Gasteiger partial charge on any atom is -0.270 e. The fraction of sp³-hybridized carbons (Fsp3) is 0.500. The van der Waals surface area contributed by atoms with Crippen molar-refractivity contribution < 1.29 is 0 Å². The summed E-state index contributed by atoms with van der Waals surface area (Å²) in [5, 5.41) is 8.23. The van der Waals surface area contributed by atoms with Crippen molar-refractivity contribution in [3.8, 4) is 0 Å². The molecule has 0 unspecified atom stereocenters. The van der Waals surface area contributed by atoms with E-state index in [1.54, 1.807) is 4.57 Å². The Morgan fingerprint density at radius 1 is 1.35 bits per heavy atom. The number of aromatic nitrogens is 5. The molecular formula is C12H16ClN5OS. The number of H-pyrrole nitrogens is 1. The van der Waals surface area contributed by atoms with Crippen molar-refractivity contribution in [3.63, 3.8) is 0 Å². The monoisotopic (exact) mass is 313 g/mol. The third-order valence-corrected chi connectivity index (χ3v) is 4.24. The first-order valence-electron chi connectivity index (χ1n) is 6.42. The van der Waals surface area contributed by atoms with Crippen LogP contribution in [0.2, 0.25) is 5.15 Å². The van der Waals surface area contributed by atoms with Crippen LogP contribution in [0.25, 0.3) is 0 Å². The van der Waals surface area contributed by atoms with Crippen molar-refractivity contribution in [1.82, 2.24) is 24.7 Å².